The van der Waals surface area contributed by atoms with Gasteiger partial charge in [-0.05, 0) is 44.0 Å². The van der Waals surface area contributed by atoms with Gasteiger partial charge < -0.3 is 5.73 Å². The first-order valence-electron chi connectivity index (χ1n) is 5.04. The molecule has 0 aliphatic carbocycles. The summed E-state index contributed by atoms with van der Waals surface area (Å²) in [4.78, 5) is 4.54. The van der Waals surface area contributed by atoms with Gasteiger partial charge in [0.2, 0.25) is 0 Å². The van der Waals surface area contributed by atoms with Crippen LogP contribution in [0.4, 0.5) is 0 Å². The fraction of sp³-hybridized carbons (Fsp3) is 0.364. The van der Waals surface area contributed by atoms with Crippen molar-refractivity contribution in [1.82, 2.24) is 4.98 Å². The van der Waals surface area contributed by atoms with Crippen LogP contribution in [0.1, 0.15) is 17.8 Å². The Bertz CT molecular complexity index is 453. The van der Waals surface area contributed by atoms with E-state index < -0.39 is 0 Å². The number of rotatable bonds is 4. The molecule has 0 atom stereocenters. The molecule has 1 aromatic heterocycles. The number of aryl methyl sites for hydroxylation is 1. The van der Waals surface area contributed by atoms with E-state index in [-0.39, 0.29) is 0 Å². The Morgan fingerprint density at radius 1 is 1.33 bits per heavy atom. The van der Waals surface area contributed by atoms with Crippen LogP contribution in [0.2, 0.25) is 5.02 Å². The third-order valence-electron chi connectivity index (χ3n) is 2.24. The number of benzene rings is 1. The molecule has 0 spiro atoms. The van der Waals surface area contributed by atoms with E-state index in [4.69, 9.17) is 17.3 Å². The van der Waals surface area contributed by atoms with Crippen molar-refractivity contribution in [2.45, 2.75) is 19.3 Å². The minimum absolute atomic E-state index is 0.761. The molecule has 0 amide bonds. The number of halogens is 1. The second kappa shape index (κ2) is 4.92. The minimum Gasteiger partial charge on any atom is -0.330 e. The number of unbranched alkanes of at least 4 members (excludes halogenated alkanes) is 1. The fourth-order valence-electron chi connectivity index (χ4n) is 1.47. The van der Waals surface area contributed by atoms with Crippen molar-refractivity contribution in [3.63, 3.8) is 0 Å². The summed E-state index contributed by atoms with van der Waals surface area (Å²) < 4.78 is 1.17. The molecule has 0 aliphatic heterocycles. The molecule has 2 nitrogen and oxygen atoms in total. The lowest BCUT2D eigenvalue weighted by Gasteiger charge is -1.92. The highest BCUT2D eigenvalue weighted by Crippen LogP contribution is 2.25. The highest BCUT2D eigenvalue weighted by molar-refractivity contribution is 7.18. The van der Waals surface area contributed by atoms with E-state index in [1.807, 2.05) is 18.2 Å². The summed E-state index contributed by atoms with van der Waals surface area (Å²) in [6.07, 6.45) is 3.20. The molecule has 1 aromatic carbocycles. The summed E-state index contributed by atoms with van der Waals surface area (Å²) >= 11 is 7.64. The quantitative estimate of drug-likeness (QED) is 0.834. The topological polar surface area (TPSA) is 38.9 Å². The Morgan fingerprint density at radius 2 is 2.20 bits per heavy atom. The first kappa shape index (κ1) is 10.9. The smallest absolute Gasteiger partial charge is 0.0938 e. The minimum atomic E-state index is 0.761. The predicted molar refractivity (Wildman–Crippen MR) is 66.6 cm³/mol. The molecule has 0 fully saturated rings. The van der Waals surface area contributed by atoms with Gasteiger partial charge >= 0.3 is 0 Å². The van der Waals surface area contributed by atoms with Crippen LogP contribution in [0.5, 0.6) is 0 Å². The second-order valence-electron chi connectivity index (χ2n) is 3.47. The molecule has 0 bridgehead atoms. The van der Waals surface area contributed by atoms with E-state index in [2.05, 4.69) is 4.98 Å². The van der Waals surface area contributed by atoms with Crippen molar-refractivity contribution in [1.29, 1.82) is 0 Å². The number of nitrogens with zero attached hydrogens (tertiary/aromatic N) is 1. The van der Waals surface area contributed by atoms with Crippen molar-refractivity contribution in [2.24, 2.45) is 5.73 Å². The summed E-state index contributed by atoms with van der Waals surface area (Å²) in [7, 11) is 0. The molecule has 2 N–H and O–H groups in total. The first-order chi connectivity index (χ1) is 7.29. The molecule has 1 heterocycles. The van der Waals surface area contributed by atoms with E-state index in [9.17, 15) is 0 Å². The van der Waals surface area contributed by atoms with Gasteiger partial charge in [-0.3, -0.25) is 0 Å². The Hall–Kier alpha value is -0.640. The average Bonchev–Trinajstić information content (AvgIpc) is 2.60. The Morgan fingerprint density at radius 3 is 3.00 bits per heavy atom. The molecule has 0 unspecified atom stereocenters. The second-order valence-corrected chi connectivity index (χ2v) is 5.02. The number of hydrogen-bond donors (Lipinski definition) is 1. The zero-order valence-electron chi connectivity index (χ0n) is 8.37. The lowest BCUT2D eigenvalue weighted by atomic mass is 10.2. The summed E-state index contributed by atoms with van der Waals surface area (Å²) in [5.41, 5.74) is 6.50. The third-order valence-corrected chi connectivity index (χ3v) is 3.55. The average molecular weight is 241 g/mol. The van der Waals surface area contributed by atoms with Crippen LogP contribution in [0.25, 0.3) is 10.2 Å². The Kier molecular flexibility index (Phi) is 3.57. The van der Waals surface area contributed by atoms with E-state index in [0.29, 0.717) is 0 Å². The van der Waals surface area contributed by atoms with Crippen LogP contribution >= 0.6 is 22.9 Å². The number of aromatic nitrogens is 1. The van der Waals surface area contributed by atoms with Gasteiger partial charge in [-0.2, -0.15) is 0 Å². The van der Waals surface area contributed by atoms with Crippen LogP contribution in [0.3, 0.4) is 0 Å². The van der Waals surface area contributed by atoms with Gasteiger partial charge in [-0.15, -0.1) is 11.3 Å². The molecule has 4 heteroatoms. The number of fused-ring (bicyclic) bond motifs is 1. The zero-order chi connectivity index (χ0) is 10.7. The van der Waals surface area contributed by atoms with E-state index >= 15 is 0 Å². The molecular formula is C11H13ClN2S. The summed E-state index contributed by atoms with van der Waals surface area (Å²) in [6.45, 7) is 0.761. The van der Waals surface area contributed by atoms with E-state index in [0.717, 1.165) is 36.3 Å². The van der Waals surface area contributed by atoms with Gasteiger partial charge in [0.05, 0.1) is 15.2 Å². The van der Waals surface area contributed by atoms with Crippen LogP contribution in [-0.4, -0.2) is 11.5 Å². The summed E-state index contributed by atoms with van der Waals surface area (Å²) in [5, 5.41) is 1.96. The molecule has 80 valence electrons. The highest BCUT2D eigenvalue weighted by Gasteiger charge is 2.03. The standard InChI is InChI=1S/C11H13ClN2S/c12-8-4-5-9-10(7-8)15-11(14-9)3-1-2-6-13/h4-5,7H,1-3,6,13H2. The van der Waals surface area contributed by atoms with Gasteiger partial charge in [0, 0.05) is 5.02 Å². The maximum absolute atomic E-state index is 5.92. The van der Waals surface area contributed by atoms with Gasteiger partial charge in [0.15, 0.2) is 0 Å². The lowest BCUT2D eigenvalue weighted by molar-refractivity contribution is 0.742. The Balaban J connectivity index is 2.16. The molecular weight excluding hydrogens is 228 g/mol. The van der Waals surface area contributed by atoms with Crippen LogP contribution in [0.15, 0.2) is 18.2 Å². The SMILES string of the molecule is NCCCCc1nc2ccc(Cl)cc2s1. The van der Waals surface area contributed by atoms with Crippen molar-refractivity contribution >= 4 is 33.2 Å². The fourth-order valence-corrected chi connectivity index (χ4v) is 2.76. The maximum Gasteiger partial charge on any atom is 0.0938 e. The van der Waals surface area contributed by atoms with Crippen LogP contribution in [-0.2, 0) is 6.42 Å². The maximum atomic E-state index is 5.92. The van der Waals surface area contributed by atoms with Crippen molar-refractivity contribution in [2.75, 3.05) is 6.54 Å². The largest absolute Gasteiger partial charge is 0.330 e. The summed E-state index contributed by atoms with van der Waals surface area (Å²) in [5.74, 6) is 0. The van der Waals surface area contributed by atoms with Crippen molar-refractivity contribution < 1.29 is 0 Å². The first-order valence-corrected chi connectivity index (χ1v) is 6.24. The van der Waals surface area contributed by atoms with E-state index in [1.165, 1.54) is 9.71 Å². The summed E-state index contributed by atoms with van der Waals surface area (Å²) in [6, 6.07) is 5.83. The highest BCUT2D eigenvalue weighted by atomic mass is 35.5. The molecule has 2 rings (SSSR count). The van der Waals surface area contributed by atoms with E-state index in [1.54, 1.807) is 11.3 Å². The van der Waals surface area contributed by atoms with Gasteiger partial charge in [0.1, 0.15) is 0 Å². The van der Waals surface area contributed by atoms with Gasteiger partial charge in [-0.1, -0.05) is 11.6 Å². The van der Waals surface area contributed by atoms with Crippen molar-refractivity contribution in [3.05, 3.63) is 28.2 Å². The normalized spacial score (nSPS) is 11.1. The lowest BCUT2D eigenvalue weighted by Crippen LogP contribution is -1.98. The third kappa shape index (κ3) is 2.68. The van der Waals surface area contributed by atoms with Gasteiger partial charge in [0.25, 0.3) is 0 Å². The molecule has 0 saturated heterocycles. The molecule has 15 heavy (non-hydrogen) atoms. The molecule has 0 aliphatic rings. The molecule has 2 aromatic rings. The molecule has 0 saturated carbocycles. The monoisotopic (exact) mass is 240 g/mol. The number of thiazole rings is 1. The van der Waals surface area contributed by atoms with Crippen LogP contribution in [0, 0.1) is 0 Å². The predicted octanol–water partition coefficient (Wildman–Crippen LogP) is 3.23. The number of nitrogens with two attached hydrogens (primary N) is 1. The zero-order valence-corrected chi connectivity index (χ0v) is 9.94. The van der Waals surface area contributed by atoms with Gasteiger partial charge in [-0.25, -0.2) is 4.98 Å². The number of hydrogen-bond acceptors (Lipinski definition) is 3. The molecule has 0 radical (unpaired) electrons. The Labute approximate surface area is 98.1 Å². The van der Waals surface area contributed by atoms with Crippen LogP contribution < -0.4 is 5.73 Å². The van der Waals surface area contributed by atoms with Crippen molar-refractivity contribution in [3.8, 4) is 0 Å².